The van der Waals surface area contributed by atoms with Crippen LogP contribution in [0.25, 0.3) is 0 Å². The average Bonchev–Trinajstić information content (AvgIpc) is 2.54. The molecule has 0 radical (unpaired) electrons. The number of hydrogen-bond acceptors (Lipinski definition) is 2. The number of carbonyl (C=O) groups is 1. The van der Waals surface area contributed by atoms with Crippen LogP contribution in [0, 0.1) is 0 Å². The number of carbonyl (C=O) groups excluding carboxylic acids is 1. The summed E-state index contributed by atoms with van der Waals surface area (Å²) in [5.41, 5.74) is 2.78. The summed E-state index contributed by atoms with van der Waals surface area (Å²) in [4.78, 5) is 10.9. The highest BCUT2D eigenvalue weighted by Crippen LogP contribution is 2.17. The minimum absolute atomic E-state index is 0.323. The molecule has 1 rings (SSSR count). The first-order chi connectivity index (χ1) is 6.65. The van der Waals surface area contributed by atoms with E-state index in [1.165, 1.54) is 0 Å². The van der Waals surface area contributed by atoms with E-state index in [2.05, 4.69) is 25.9 Å². The highest BCUT2D eigenvalue weighted by atomic mass is 16.1. The lowest BCUT2D eigenvalue weighted by Crippen LogP contribution is -2.07. The molecule has 1 aromatic heterocycles. The lowest BCUT2D eigenvalue weighted by Gasteiger charge is -2.09. The van der Waals surface area contributed by atoms with Gasteiger partial charge in [-0.25, -0.2) is 0 Å². The van der Waals surface area contributed by atoms with E-state index in [9.17, 15) is 4.79 Å². The predicted octanol–water partition coefficient (Wildman–Crippen LogP) is 2.40. The molecule has 0 saturated carbocycles. The molecule has 0 amide bonds. The molecule has 1 heterocycles. The number of nitrogens with zero attached hydrogens (tertiary/aromatic N) is 2. The summed E-state index contributed by atoms with van der Waals surface area (Å²) < 4.78 is 1.96. The van der Waals surface area contributed by atoms with Gasteiger partial charge in [0.25, 0.3) is 0 Å². The number of rotatable bonds is 4. The van der Waals surface area contributed by atoms with Gasteiger partial charge in [0.1, 0.15) is 0 Å². The Hall–Kier alpha value is -1.12. The van der Waals surface area contributed by atoms with Crippen molar-refractivity contribution in [3.8, 4) is 0 Å². The van der Waals surface area contributed by atoms with Crippen LogP contribution >= 0.6 is 0 Å². The summed E-state index contributed by atoms with van der Waals surface area (Å²) >= 11 is 0. The molecule has 0 N–H and O–H groups in total. The maximum absolute atomic E-state index is 10.9. The van der Waals surface area contributed by atoms with E-state index in [1.807, 2.05) is 11.6 Å². The summed E-state index contributed by atoms with van der Waals surface area (Å²) in [6, 6.07) is 0.323. The first-order valence-electron chi connectivity index (χ1n) is 5.21. The second-order valence-corrected chi connectivity index (χ2v) is 3.67. The van der Waals surface area contributed by atoms with Crippen LogP contribution in [-0.2, 0) is 12.8 Å². The maximum Gasteiger partial charge on any atom is 0.153 e. The third-order valence-corrected chi connectivity index (χ3v) is 2.40. The molecule has 0 spiro atoms. The zero-order chi connectivity index (χ0) is 10.7. The van der Waals surface area contributed by atoms with Crippen molar-refractivity contribution in [2.24, 2.45) is 0 Å². The normalized spacial score (nSPS) is 10.9. The zero-order valence-electron chi connectivity index (χ0n) is 9.37. The van der Waals surface area contributed by atoms with Crippen molar-refractivity contribution in [1.82, 2.24) is 9.78 Å². The molecule has 0 aliphatic heterocycles. The topological polar surface area (TPSA) is 34.9 Å². The fourth-order valence-electron chi connectivity index (χ4n) is 1.71. The summed E-state index contributed by atoms with van der Waals surface area (Å²) in [7, 11) is 0. The molecule has 0 bridgehead atoms. The van der Waals surface area contributed by atoms with Crippen LogP contribution in [0.5, 0.6) is 0 Å². The van der Waals surface area contributed by atoms with Crippen molar-refractivity contribution in [1.29, 1.82) is 0 Å². The van der Waals surface area contributed by atoms with Crippen molar-refractivity contribution in [2.75, 3.05) is 0 Å². The summed E-state index contributed by atoms with van der Waals surface area (Å²) in [5, 5.41) is 4.46. The van der Waals surface area contributed by atoms with Crippen molar-refractivity contribution < 1.29 is 4.79 Å². The monoisotopic (exact) mass is 194 g/mol. The van der Waals surface area contributed by atoms with Crippen LogP contribution in [0.4, 0.5) is 0 Å². The molecule has 0 unspecified atom stereocenters. The fraction of sp³-hybridized carbons (Fsp3) is 0.636. The molecule has 0 aliphatic carbocycles. The van der Waals surface area contributed by atoms with Crippen LogP contribution in [0.15, 0.2) is 0 Å². The lowest BCUT2D eigenvalue weighted by molar-refractivity contribution is 0.112. The van der Waals surface area contributed by atoms with Gasteiger partial charge in [0.05, 0.1) is 11.3 Å². The molecule has 0 saturated heterocycles. The van der Waals surface area contributed by atoms with Gasteiger partial charge in [-0.1, -0.05) is 13.8 Å². The second kappa shape index (κ2) is 4.40. The quantitative estimate of drug-likeness (QED) is 0.690. The molecule has 3 nitrogen and oxygen atoms in total. The van der Waals surface area contributed by atoms with Crippen molar-refractivity contribution in [2.45, 2.75) is 46.6 Å². The van der Waals surface area contributed by atoms with E-state index in [-0.39, 0.29) is 0 Å². The van der Waals surface area contributed by atoms with Crippen LogP contribution in [0.3, 0.4) is 0 Å². The van der Waals surface area contributed by atoms with E-state index in [4.69, 9.17) is 0 Å². The molecular formula is C11H18N2O. The molecular weight excluding hydrogens is 176 g/mol. The van der Waals surface area contributed by atoms with Crippen LogP contribution in [0.1, 0.15) is 55.5 Å². The molecule has 0 atom stereocenters. The van der Waals surface area contributed by atoms with Crippen LogP contribution in [0.2, 0.25) is 0 Å². The molecule has 14 heavy (non-hydrogen) atoms. The van der Waals surface area contributed by atoms with Gasteiger partial charge in [-0.05, 0) is 26.7 Å². The highest BCUT2D eigenvalue weighted by Gasteiger charge is 2.15. The first kappa shape index (κ1) is 11.0. The van der Waals surface area contributed by atoms with Gasteiger partial charge in [0.2, 0.25) is 0 Å². The Labute approximate surface area is 85.1 Å². The van der Waals surface area contributed by atoms with Crippen LogP contribution in [-0.4, -0.2) is 16.1 Å². The van der Waals surface area contributed by atoms with Crippen LogP contribution < -0.4 is 0 Å². The molecule has 0 aliphatic rings. The smallest absolute Gasteiger partial charge is 0.153 e. The van der Waals surface area contributed by atoms with Crippen molar-refractivity contribution in [3.05, 3.63) is 17.0 Å². The number of aldehydes is 1. The molecule has 3 heteroatoms. The van der Waals surface area contributed by atoms with E-state index < -0.39 is 0 Å². The van der Waals surface area contributed by atoms with Crippen molar-refractivity contribution in [3.63, 3.8) is 0 Å². The van der Waals surface area contributed by atoms with Gasteiger partial charge in [0.15, 0.2) is 6.29 Å². The van der Waals surface area contributed by atoms with Gasteiger partial charge < -0.3 is 0 Å². The van der Waals surface area contributed by atoms with Gasteiger partial charge in [-0.2, -0.15) is 5.10 Å². The van der Waals surface area contributed by atoms with E-state index in [0.717, 1.165) is 36.1 Å². The summed E-state index contributed by atoms with van der Waals surface area (Å²) in [5.74, 6) is 0. The predicted molar refractivity (Wildman–Crippen MR) is 56.8 cm³/mol. The Balaban J connectivity index is 3.31. The van der Waals surface area contributed by atoms with E-state index in [0.29, 0.717) is 6.04 Å². The molecule has 1 aromatic rings. The number of aromatic nitrogens is 2. The summed E-state index contributed by atoms with van der Waals surface area (Å²) in [6.45, 7) is 8.25. The second-order valence-electron chi connectivity index (χ2n) is 3.67. The average molecular weight is 194 g/mol. The van der Waals surface area contributed by atoms with Gasteiger partial charge >= 0.3 is 0 Å². The Morgan fingerprint density at radius 1 is 1.36 bits per heavy atom. The standard InChI is InChI=1S/C11H18N2O/c1-5-10-9(7-14)11(6-2)13(12-10)8(3)4/h7-8H,5-6H2,1-4H3. The lowest BCUT2D eigenvalue weighted by atomic mass is 10.1. The third kappa shape index (κ3) is 1.72. The largest absolute Gasteiger partial charge is 0.298 e. The van der Waals surface area contributed by atoms with E-state index >= 15 is 0 Å². The fourth-order valence-corrected chi connectivity index (χ4v) is 1.71. The molecule has 0 aromatic carbocycles. The molecule has 78 valence electrons. The Bertz CT molecular complexity index is 326. The van der Waals surface area contributed by atoms with E-state index in [1.54, 1.807) is 0 Å². The highest BCUT2D eigenvalue weighted by molar-refractivity contribution is 5.78. The Kier molecular flexibility index (Phi) is 3.44. The Morgan fingerprint density at radius 2 is 2.00 bits per heavy atom. The van der Waals surface area contributed by atoms with Crippen molar-refractivity contribution >= 4 is 6.29 Å². The maximum atomic E-state index is 10.9. The SMILES string of the molecule is CCc1nn(C(C)C)c(CC)c1C=O. The summed E-state index contributed by atoms with van der Waals surface area (Å²) in [6.07, 6.45) is 2.61. The number of aryl methyl sites for hydroxylation is 1. The number of hydrogen-bond donors (Lipinski definition) is 0. The minimum Gasteiger partial charge on any atom is -0.298 e. The Morgan fingerprint density at radius 3 is 2.36 bits per heavy atom. The molecule has 0 fully saturated rings. The first-order valence-corrected chi connectivity index (χ1v) is 5.21. The van der Waals surface area contributed by atoms with Gasteiger partial charge in [-0.15, -0.1) is 0 Å². The zero-order valence-corrected chi connectivity index (χ0v) is 9.37. The van der Waals surface area contributed by atoms with Gasteiger partial charge in [0, 0.05) is 11.7 Å². The van der Waals surface area contributed by atoms with Gasteiger partial charge in [-0.3, -0.25) is 9.48 Å². The third-order valence-electron chi connectivity index (χ3n) is 2.40. The minimum atomic E-state index is 0.323.